The van der Waals surface area contributed by atoms with Gasteiger partial charge in [0, 0.05) is 7.05 Å². The number of carbonyl (C=O) groups excluding carboxylic acids is 1. The highest BCUT2D eigenvalue weighted by atomic mass is 32.2. The fourth-order valence-electron chi connectivity index (χ4n) is 2.54. The number of anilines is 1. The van der Waals surface area contributed by atoms with Gasteiger partial charge in [-0.25, -0.2) is 8.42 Å². The SMILES string of the molecule is COc1ccccc1OC[C@@H](C)NC(=O)[C@@H](C)Oc1ccc(N(C)S(C)(=O)=O)cc1. The zero-order valence-corrected chi connectivity index (χ0v) is 18.6. The summed E-state index contributed by atoms with van der Waals surface area (Å²) in [5, 5.41) is 2.84. The van der Waals surface area contributed by atoms with Gasteiger partial charge < -0.3 is 19.5 Å². The van der Waals surface area contributed by atoms with Gasteiger partial charge in [-0.1, -0.05) is 12.1 Å². The van der Waals surface area contributed by atoms with Crippen molar-refractivity contribution in [2.75, 3.05) is 31.3 Å². The quantitative estimate of drug-likeness (QED) is 0.615. The minimum Gasteiger partial charge on any atom is -0.493 e. The van der Waals surface area contributed by atoms with Crippen LogP contribution in [-0.2, 0) is 14.8 Å². The van der Waals surface area contributed by atoms with Crippen LogP contribution in [0.2, 0.25) is 0 Å². The minimum absolute atomic E-state index is 0.251. The molecule has 2 atom stereocenters. The van der Waals surface area contributed by atoms with E-state index in [4.69, 9.17) is 14.2 Å². The van der Waals surface area contributed by atoms with Crippen LogP contribution in [0.3, 0.4) is 0 Å². The van der Waals surface area contributed by atoms with E-state index in [1.165, 1.54) is 7.05 Å². The number of ether oxygens (including phenoxy) is 3. The number of hydrogen-bond acceptors (Lipinski definition) is 6. The van der Waals surface area contributed by atoms with E-state index in [-0.39, 0.29) is 18.6 Å². The Balaban J connectivity index is 1.86. The van der Waals surface area contributed by atoms with Crippen LogP contribution in [-0.4, -0.2) is 53.5 Å². The second kappa shape index (κ2) is 10.2. The lowest BCUT2D eigenvalue weighted by molar-refractivity contribution is -0.128. The van der Waals surface area contributed by atoms with Gasteiger partial charge in [0.2, 0.25) is 10.0 Å². The molecule has 9 heteroatoms. The Hall–Kier alpha value is -2.94. The van der Waals surface area contributed by atoms with Gasteiger partial charge in [-0.3, -0.25) is 9.10 Å². The maximum Gasteiger partial charge on any atom is 0.261 e. The monoisotopic (exact) mass is 436 g/mol. The molecule has 1 N–H and O–H groups in total. The van der Waals surface area contributed by atoms with E-state index >= 15 is 0 Å². The van der Waals surface area contributed by atoms with Crippen LogP contribution in [0.1, 0.15) is 13.8 Å². The number of nitrogens with zero attached hydrogens (tertiary/aromatic N) is 1. The lowest BCUT2D eigenvalue weighted by Gasteiger charge is -2.20. The predicted octanol–water partition coefficient (Wildman–Crippen LogP) is 2.44. The van der Waals surface area contributed by atoms with Crippen LogP contribution in [0, 0.1) is 0 Å². The second-order valence-corrected chi connectivity index (χ2v) is 8.87. The smallest absolute Gasteiger partial charge is 0.261 e. The molecular formula is C21H28N2O6S. The Morgan fingerprint density at radius 3 is 2.23 bits per heavy atom. The molecule has 0 spiro atoms. The van der Waals surface area contributed by atoms with Crippen molar-refractivity contribution in [2.45, 2.75) is 26.0 Å². The first-order valence-corrected chi connectivity index (χ1v) is 11.2. The highest BCUT2D eigenvalue weighted by Crippen LogP contribution is 2.25. The van der Waals surface area contributed by atoms with Crippen LogP contribution in [0.5, 0.6) is 17.2 Å². The maximum absolute atomic E-state index is 12.4. The molecule has 2 aromatic carbocycles. The summed E-state index contributed by atoms with van der Waals surface area (Å²) in [4.78, 5) is 12.4. The predicted molar refractivity (Wildman–Crippen MR) is 116 cm³/mol. The minimum atomic E-state index is -3.34. The number of hydrogen-bond donors (Lipinski definition) is 1. The molecule has 0 aliphatic carbocycles. The number of carbonyl (C=O) groups is 1. The Labute approximate surface area is 177 Å². The Kier molecular flexibility index (Phi) is 7.93. The molecule has 0 saturated heterocycles. The summed E-state index contributed by atoms with van der Waals surface area (Å²) in [5.74, 6) is 1.40. The summed E-state index contributed by atoms with van der Waals surface area (Å²) < 4.78 is 41.0. The molecule has 0 heterocycles. The molecule has 0 bridgehead atoms. The molecule has 2 rings (SSSR count). The van der Waals surface area contributed by atoms with Crippen LogP contribution >= 0.6 is 0 Å². The van der Waals surface area contributed by atoms with Gasteiger partial charge in [0.25, 0.3) is 5.91 Å². The van der Waals surface area contributed by atoms with E-state index in [2.05, 4.69) is 5.32 Å². The van der Waals surface area contributed by atoms with Crippen molar-refractivity contribution in [1.82, 2.24) is 5.32 Å². The van der Waals surface area contributed by atoms with Gasteiger partial charge in [-0.2, -0.15) is 0 Å². The van der Waals surface area contributed by atoms with Crippen molar-refractivity contribution < 1.29 is 27.4 Å². The van der Waals surface area contributed by atoms with Crippen LogP contribution in [0.15, 0.2) is 48.5 Å². The van der Waals surface area contributed by atoms with Gasteiger partial charge in [-0.05, 0) is 50.2 Å². The summed E-state index contributed by atoms with van der Waals surface area (Å²) in [5.41, 5.74) is 0.504. The summed E-state index contributed by atoms with van der Waals surface area (Å²) in [6.45, 7) is 3.74. The van der Waals surface area contributed by atoms with E-state index in [1.807, 2.05) is 19.1 Å². The largest absolute Gasteiger partial charge is 0.493 e. The summed E-state index contributed by atoms with van der Waals surface area (Å²) in [7, 11) is -0.305. The van der Waals surface area contributed by atoms with Crippen molar-refractivity contribution >= 4 is 21.6 Å². The molecule has 0 unspecified atom stereocenters. The van der Waals surface area contributed by atoms with E-state index in [1.54, 1.807) is 50.4 Å². The van der Waals surface area contributed by atoms with Crippen molar-refractivity contribution in [1.29, 1.82) is 0 Å². The molecule has 8 nitrogen and oxygen atoms in total. The lowest BCUT2D eigenvalue weighted by Crippen LogP contribution is -2.43. The highest BCUT2D eigenvalue weighted by Gasteiger charge is 2.18. The third-order valence-corrected chi connectivity index (χ3v) is 5.53. The van der Waals surface area contributed by atoms with Crippen molar-refractivity contribution in [3.05, 3.63) is 48.5 Å². The molecule has 0 saturated carbocycles. The normalized spacial score (nSPS) is 13.1. The number of methoxy groups -OCH3 is 1. The van der Waals surface area contributed by atoms with Gasteiger partial charge >= 0.3 is 0 Å². The van der Waals surface area contributed by atoms with E-state index < -0.39 is 16.1 Å². The number of rotatable bonds is 10. The Bertz CT molecular complexity index is 946. The first-order chi connectivity index (χ1) is 14.1. The molecule has 0 aliphatic heterocycles. The average Bonchev–Trinajstić information content (AvgIpc) is 2.71. The molecule has 0 aromatic heterocycles. The fourth-order valence-corrected chi connectivity index (χ4v) is 3.04. The van der Waals surface area contributed by atoms with Crippen molar-refractivity contribution in [3.63, 3.8) is 0 Å². The second-order valence-electron chi connectivity index (χ2n) is 6.86. The molecule has 30 heavy (non-hydrogen) atoms. The van der Waals surface area contributed by atoms with Crippen LogP contribution in [0.25, 0.3) is 0 Å². The number of para-hydroxylation sites is 2. The van der Waals surface area contributed by atoms with Crippen LogP contribution < -0.4 is 23.8 Å². The Morgan fingerprint density at radius 2 is 1.67 bits per heavy atom. The number of sulfonamides is 1. The summed E-state index contributed by atoms with van der Waals surface area (Å²) in [6, 6.07) is 13.5. The molecule has 164 valence electrons. The van der Waals surface area contributed by atoms with Gasteiger partial charge in [0.05, 0.1) is 25.1 Å². The van der Waals surface area contributed by atoms with Gasteiger partial charge in [-0.15, -0.1) is 0 Å². The number of benzene rings is 2. The molecule has 0 radical (unpaired) electrons. The van der Waals surface area contributed by atoms with Gasteiger partial charge in [0.15, 0.2) is 17.6 Å². The van der Waals surface area contributed by atoms with E-state index in [0.717, 1.165) is 10.6 Å². The van der Waals surface area contributed by atoms with Crippen molar-refractivity contribution in [2.24, 2.45) is 0 Å². The summed E-state index contributed by atoms with van der Waals surface area (Å²) >= 11 is 0. The highest BCUT2D eigenvalue weighted by molar-refractivity contribution is 7.92. The molecule has 0 fully saturated rings. The fraction of sp³-hybridized carbons (Fsp3) is 0.381. The Morgan fingerprint density at radius 1 is 1.07 bits per heavy atom. The first-order valence-electron chi connectivity index (χ1n) is 9.38. The zero-order chi connectivity index (χ0) is 22.3. The first kappa shape index (κ1) is 23.3. The standard InChI is InChI=1S/C21H28N2O6S/c1-15(14-28-20-9-7-6-8-19(20)27-4)22-21(24)16(2)29-18-12-10-17(11-13-18)23(3)30(5,25)26/h6-13,15-16H,14H2,1-5H3,(H,22,24)/t15-,16-/m1/s1. The molecular weight excluding hydrogens is 408 g/mol. The lowest BCUT2D eigenvalue weighted by atomic mass is 10.2. The van der Waals surface area contributed by atoms with Crippen LogP contribution in [0.4, 0.5) is 5.69 Å². The summed E-state index contributed by atoms with van der Waals surface area (Å²) in [6.07, 6.45) is 0.389. The maximum atomic E-state index is 12.4. The number of amides is 1. The zero-order valence-electron chi connectivity index (χ0n) is 17.8. The third-order valence-electron chi connectivity index (χ3n) is 4.33. The average molecular weight is 437 g/mol. The van der Waals surface area contributed by atoms with Gasteiger partial charge in [0.1, 0.15) is 12.4 Å². The molecule has 0 aliphatic rings. The number of nitrogens with one attached hydrogen (secondary N) is 1. The third kappa shape index (κ3) is 6.55. The van der Waals surface area contributed by atoms with Crippen molar-refractivity contribution in [3.8, 4) is 17.2 Å². The topological polar surface area (TPSA) is 94.2 Å². The van der Waals surface area contributed by atoms with E-state index in [9.17, 15) is 13.2 Å². The molecule has 2 aromatic rings. The van der Waals surface area contributed by atoms with E-state index in [0.29, 0.717) is 22.9 Å². The molecule has 1 amide bonds.